The first-order chi connectivity index (χ1) is 14.1. The SMILES string of the molecule is COc1ccccc1-c1nnc(SCC(=O)N(C2CCC(C)CC2)C2CC2)n1N. The van der Waals surface area contributed by atoms with Crippen molar-refractivity contribution in [2.45, 2.75) is 62.7 Å². The largest absolute Gasteiger partial charge is 0.496 e. The Kier molecular flexibility index (Phi) is 5.99. The molecule has 1 amide bonds. The van der Waals surface area contributed by atoms with Gasteiger partial charge in [-0.15, -0.1) is 10.2 Å². The summed E-state index contributed by atoms with van der Waals surface area (Å²) < 4.78 is 6.84. The lowest BCUT2D eigenvalue weighted by Gasteiger charge is -2.36. The summed E-state index contributed by atoms with van der Waals surface area (Å²) in [6.45, 7) is 2.31. The zero-order valence-corrected chi connectivity index (χ0v) is 17.9. The molecule has 0 unspecified atom stereocenters. The number of nitrogen functional groups attached to an aromatic ring is 1. The summed E-state index contributed by atoms with van der Waals surface area (Å²) in [5, 5.41) is 8.97. The maximum absolute atomic E-state index is 13.1. The molecule has 4 rings (SSSR count). The summed E-state index contributed by atoms with van der Waals surface area (Å²) in [5.74, 6) is 8.76. The van der Waals surface area contributed by atoms with Crippen LogP contribution in [-0.4, -0.2) is 50.6 Å². The Balaban J connectivity index is 1.43. The van der Waals surface area contributed by atoms with Crippen LogP contribution in [0.25, 0.3) is 11.4 Å². The minimum atomic E-state index is 0.193. The summed E-state index contributed by atoms with van der Waals surface area (Å²) >= 11 is 1.35. The molecule has 0 aliphatic heterocycles. The number of nitrogens with two attached hydrogens (primary N) is 1. The highest BCUT2D eigenvalue weighted by Gasteiger charge is 2.38. The summed E-state index contributed by atoms with van der Waals surface area (Å²) in [4.78, 5) is 15.2. The van der Waals surface area contributed by atoms with E-state index in [2.05, 4.69) is 22.0 Å². The fourth-order valence-corrected chi connectivity index (χ4v) is 4.89. The molecule has 2 aromatic rings. The van der Waals surface area contributed by atoms with E-state index in [0.717, 1.165) is 37.2 Å². The van der Waals surface area contributed by atoms with Gasteiger partial charge < -0.3 is 15.5 Å². The van der Waals surface area contributed by atoms with Gasteiger partial charge in [-0.3, -0.25) is 4.79 Å². The summed E-state index contributed by atoms with van der Waals surface area (Å²) in [5.41, 5.74) is 0.777. The number of thioether (sulfide) groups is 1. The number of rotatable bonds is 7. The van der Waals surface area contributed by atoms with Crippen LogP contribution in [0.3, 0.4) is 0 Å². The second kappa shape index (κ2) is 8.65. The van der Waals surface area contributed by atoms with E-state index in [1.165, 1.54) is 29.3 Å². The second-order valence-electron chi connectivity index (χ2n) is 8.11. The molecule has 1 heterocycles. The Morgan fingerprint density at radius 2 is 1.83 bits per heavy atom. The third-order valence-electron chi connectivity index (χ3n) is 5.94. The molecule has 0 spiro atoms. The molecule has 2 fully saturated rings. The molecule has 0 atom stereocenters. The molecule has 0 saturated heterocycles. The van der Waals surface area contributed by atoms with E-state index in [-0.39, 0.29) is 5.91 Å². The van der Waals surface area contributed by atoms with Crippen molar-refractivity contribution in [3.8, 4) is 17.1 Å². The number of methoxy groups -OCH3 is 1. The van der Waals surface area contributed by atoms with E-state index in [0.29, 0.717) is 34.6 Å². The first kappa shape index (κ1) is 20.1. The van der Waals surface area contributed by atoms with Gasteiger partial charge in [-0.2, -0.15) is 0 Å². The minimum Gasteiger partial charge on any atom is -0.496 e. The predicted octanol–water partition coefficient (Wildman–Crippen LogP) is 3.33. The third kappa shape index (κ3) is 4.37. The van der Waals surface area contributed by atoms with E-state index >= 15 is 0 Å². The van der Waals surface area contributed by atoms with Gasteiger partial charge in [-0.25, -0.2) is 4.68 Å². The van der Waals surface area contributed by atoms with Crippen LogP contribution in [0, 0.1) is 5.92 Å². The van der Waals surface area contributed by atoms with Crippen LogP contribution in [0.5, 0.6) is 5.75 Å². The van der Waals surface area contributed by atoms with Gasteiger partial charge in [-0.05, 0) is 56.6 Å². The first-order valence-electron chi connectivity index (χ1n) is 10.4. The van der Waals surface area contributed by atoms with Crippen molar-refractivity contribution < 1.29 is 9.53 Å². The van der Waals surface area contributed by atoms with Crippen molar-refractivity contribution in [3.05, 3.63) is 24.3 Å². The van der Waals surface area contributed by atoms with Gasteiger partial charge in [0.05, 0.1) is 18.4 Å². The predicted molar refractivity (Wildman–Crippen MR) is 114 cm³/mol. The third-order valence-corrected chi connectivity index (χ3v) is 6.87. The van der Waals surface area contributed by atoms with Crippen molar-refractivity contribution in [1.29, 1.82) is 0 Å². The molecule has 2 aliphatic carbocycles. The summed E-state index contributed by atoms with van der Waals surface area (Å²) in [6, 6.07) is 8.38. The van der Waals surface area contributed by atoms with Crippen LogP contribution in [0.15, 0.2) is 29.4 Å². The van der Waals surface area contributed by atoms with Crippen LogP contribution in [0.1, 0.15) is 45.4 Å². The number of aromatic nitrogens is 3. The molecule has 1 aromatic carbocycles. The monoisotopic (exact) mass is 415 g/mol. The molecule has 0 bridgehead atoms. The van der Waals surface area contributed by atoms with Crippen molar-refractivity contribution in [2.75, 3.05) is 18.7 Å². The summed E-state index contributed by atoms with van der Waals surface area (Å²) in [7, 11) is 1.61. The molecule has 29 heavy (non-hydrogen) atoms. The van der Waals surface area contributed by atoms with E-state index in [1.54, 1.807) is 7.11 Å². The van der Waals surface area contributed by atoms with Crippen LogP contribution in [-0.2, 0) is 4.79 Å². The Morgan fingerprint density at radius 1 is 1.17 bits per heavy atom. The Bertz CT molecular complexity index is 859. The van der Waals surface area contributed by atoms with Crippen molar-refractivity contribution >= 4 is 17.7 Å². The molecular weight excluding hydrogens is 386 g/mol. The number of carbonyl (C=O) groups excluding carboxylic acids is 1. The quantitative estimate of drug-likeness (QED) is 0.551. The van der Waals surface area contributed by atoms with E-state index in [4.69, 9.17) is 10.6 Å². The first-order valence-corrected chi connectivity index (χ1v) is 11.3. The number of ether oxygens (including phenoxy) is 1. The van der Waals surface area contributed by atoms with Crippen molar-refractivity contribution in [1.82, 2.24) is 19.8 Å². The topological polar surface area (TPSA) is 86.3 Å². The summed E-state index contributed by atoms with van der Waals surface area (Å²) in [6.07, 6.45) is 6.95. The fourth-order valence-electron chi connectivity index (χ4n) is 4.17. The molecule has 156 valence electrons. The molecule has 2 saturated carbocycles. The minimum absolute atomic E-state index is 0.193. The number of nitrogens with zero attached hydrogens (tertiary/aromatic N) is 4. The fraction of sp³-hybridized carbons (Fsp3) is 0.571. The van der Waals surface area contributed by atoms with Crippen LogP contribution >= 0.6 is 11.8 Å². The molecule has 1 aromatic heterocycles. The van der Waals surface area contributed by atoms with Crippen LogP contribution < -0.4 is 10.6 Å². The molecule has 7 nitrogen and oxygen atoms in total. The number of amides is 1. The zero-order chi connectivity index (χ0) is 20.4. The Hall–Kier alpha value is -2.22. The van der Waals surface area contributed by atoms with Crippen LogP contribution in [0.2, 0.25) is 0 Å². The van der Waals surface area contributed by atoms with Gasteiger partial charge in [0.25, 0.3) is 0 Å². The number of para-hydroxylation sites is 1. The number of carbonyl (C=O) groups is 1. The molecule has 0 radical (unpaired) electrons. The number of benzene rings is 1. The lowest BCUT2D eigenvalue weighted by Crippen LogP contribution is -2.44. The maximum Gasteiger partial charge on any atom is 0.233 e. The van der Waals surface area contributed by atoms with Gasteiger partial charge in [0.2, 0.25) is 11.1 Å². The van der Waals surface area contributed by atoms with Gasteiger partial charge in [0.1, 0.15) is 5.75 Å². The highest BCUT2D eigenvalue weighted by molar-refractivity contribution is 7.99. The normalized spacial score (nSPS) is 21.7. The van der Waals surface area contributed by atoms with Gasteiger partial charge in [0.15, 0.2) is 5.82 Å². The molecule has 2 aliphatic rings. The van der Waals surface area contributed by atoms with Crippen molar-refractivity contribution in [3.63, 3.8) is 0 Å². The standard InChI is InChI=1S/C21H29N5O2S/c1-14-7-9-15(10-8-14)25(16-11-12-16)19(27)13-29-21-24-23-20(26(21)22)17-5-3-4-6-18(17)28-2/h3-6,14-16H,7-13,22H2,1-2H3. The second-order valence-corrected chi connectivity index (χ2v) is 9.05. The Labute approximate surface area is 176 Å². The molecular formula is C21H29N5O2S. The van der Waals surface area contributed by atoms with E-state index in [1.807, 2.05) is 24.3 Å². The lowest BCUT2D eigenvalue weighted by atomic mass is 9.86. The average Bonchev–Trinajstić information content (AvgIpc) is 3.50. The lowest BCUT2D eigenvalue weighted by molar-refractivity contribution is -0.132. The molecule has 8 heteroatoms. The van der Waals surface area contributed by atoms with Crippen molar-refractivity contribution in [2.24, 2.45) is 5.92 Å². The number of hydrogen-bond donors (Lipinski definition) is 1. The smallest absolute Gasteiger partial charge is 0.233 e. The van der Waals surface area contributed by atoms with Crippen LogP contribution in [0.4, 0.5) is 0 Å². The Morgan fingerprint density at radius 3 is 2.48 bits per heavy atom. The maximum atomic E-state index is 13.1. The zero-order valence-electron chi connectivity index (χ0n) is 17.1. The highest BCUT2D eigenvalue weighted by atomic mass is 32.2. The average molecular weight is 416 g/mol. The van der Waals surface area contributed by atoms with E-state index in [9.17, 15) is 4.79 Å². The van der Waals surface area contributed by atoms with Gasteiger partial charge >= 0.3 is 0 Å². The van der Waals surface area contributed by atoms with Gasteiger partial charge in [0, 0.05) is 12.1 Å². The number of hydrogen-bond acceptors (Lipinski definition) is 6. The molecule has 2 N–H and O–H groups in total. The van der Waals surface area contributed by atoms with E-state index < -0.39 is 0 Å². The van der Waals surface area contributed by atoms with Gasteiger partial charge in [-0.1, -0.05) is 30.8 Å². The highest BCUT2D eigenvalue weighted by Crippen LogP contribution is 2.36.